The van der Waals surface area contributed by atoms with E-state index < -0.39 is 17.9 Å². The lowest BCUT2D eigenvalue weighted by Crippen LogP contribution is -2.05. The van der Waals surface area contributed by atoms with Crippen molar-refractivity contribution in [3.05, 3.63) is 62.6 Å². The molecule has 2 aromatic rings. The van der Waals surface area contributed by atoms with Crippen LogP contribution >= 0.6 is 23.2 Å². The summed E-state index contributed by atoms with van der Waals surface area (Å²) >= 11 is 12.5. The summed E-state index contributed by atoms with van der Waals surface area (Å²) in [4.78, 5) is 34.3. The number of carboxylic acids is 3. The molecule has 0 aliphatic carbocycles. The number of unbranched alkanes of at least 4 members (excludes halogenated alkanes) is 2. The standard InChI is InChI=1S/C23H22Cl2O8/c1-32-20-15(22(28)29)8-12(10-17(20)24)14(6-4-3-5-7-19(26)27)13-9-16(23(30)31)21(33-2)18(25)11-13/h6,8-11H,3-5,7H2,1-2H3,(H,26,27)(H,28,29)(H,30,31). The van der Waals surface area contributed by atoms with Crippen molar-refractivity contribution in [3.8, 4) is 11.5 Å². The fraction of sp³-hybridized carbons (Fsp3) is 0.261. The molecule has 10 heteroatoms. The third kappa shape index (κ3) is 6.40. The van der Waals surface area contributed by atoms with Gasteiger partial charge in [0.25, 0.3) is 0 Å². The van der Waals surface area contributed by atoms with Crippen LogP contribution in [0.1, 0.15) is 57.5 Å². The Hall–Kier alpha value is -3.23. The fourth-order valence-electron chi connectivity index (χ4n) is 3.30. The van der Waals surface area contributed by atoms with Crippen LogP contribution < -0.4 is 9.47 Å². The number of aromatic carboxylic acids is 2. The molecule has 2 rings (SSSR count). The summed E-state index contributed by atoms with van der Waals surface area (Å²) in [5.41, 5.74) is 0.928. The normalized spacial score (nSPS) is 10.4. The van der Waals surface area contributed by atoms with E-state index in [1.54, 1.807) is 6.08 Å². The lowest BCUT2D eigenvalue weighted by atomic mass is 9.93. The van der Waals surface area contributed by atoms with Crippen LogP contribution in [0.15, 0.2) is 30.3 Å². The highest BCUT2D eigenvalue weighted by Crippen LogP contribution is 2.38. The number of halogens is 2. The first kappa shape index (κ1) is 26.0. The Morgan fingerprint density at radius 3 is 1.64 bits per heavy atom. The zero-order valence-electron chi connectivity index (χ0n) is 17.9. The predicted octanol–water partition coefficient (Wildman–Crippen LogP) is 5.48. The summed E-state index contributed by atoms with van der Waals surface area (Å²) in [6, 6.07) is 5.76. The predicted molar refractivity (Wildman–Crippen MR) is 123 cm³/mol. The first-order valence-corrected chi connectivity index (χ1v) is 10.5. The number of aliphatic carboxylic acids is 1. The smallest absolute Gasteiger partial charge is 0.339 e. The van der Waals surface area contributed by atoms with E-state index in [-0.39, 0.29) is 39.1 Å². The molecule has 3 N–H and O–H groups in total. The van der Waals surface area contributed by atoms with E-state index >= 15 is 0 Å². The van der Waals surface area contributed by atoms with Gasteiger partial charge < -0.3 is 24.8 Å². The molecule has 0 saturated carbocycles. The topological polar surface area (TPSA) is 130 Å². The highest BCUT2D eigenvalue weighted by atomic mass is 35.5. The highest BCUT2D eigenvalue weighted by Gasteiger charge is 2.21. The molecule has 0 aliphatic heterocycles. The van der Waals surface area contributed by atoms with Gasteiger partial charge >= 0.3 is 17.9 Å². The lowest BCUT2D eigenvalue weighted by molar-refractivity contribution is -0.137. The molecular formula is C23H22Cl2O8. The van der Waals surface area contributed by atoms with Gasteiger partial charge in [0, 0.05) is 6.42 Å². The summed E-state index contributed by atoms with van der Waals surface area (Å²) in [6.07, 6.45) is 3.20. The number of carbonyl (C=O) groups is 3. The van der Waals surface area contributed by atoms with Crippen molar-refractivity contribution >= 4 is 46.7 Å². The van der Waals surface area contributed by atoms with Gasteiger partial charge in [-0.25, -0.2) is 9.59 Å². The first-order chi connectivity index (χ1) is 15.6. The van der Waals surface area contributed by atoms with Crippen molar-refractivity contribution in [2.45, 2.75) is 25.7 Å². The average Bonchev–Trinajstić information content (AvgIpc) is 2.74. The van der Waals surface area contributed by atoms with Gasteiger partial charge in [-0.3, -0.25) is 4.79 Å². The Bertz CT molecular complexity index is 1030. The molecule has 8 nitrogen and oxygen atoms in total. The van der Waals surface area contributed by atoms with E-state index in [2.05, 4.69) is 0 Å². The van der Waals surface area contributed by atoms with Gasteiger partial charge in [0.2, 0.25) is 0 Å². The minimum absolute atomic E-state index is 0.00675. The molecule has 0 heterocycles. The monoisotopic (exact) mass is 496 g/mol. The Morgan fingerprint density at radius 1 is 0.818 bits per heavy atom. The van der Waals surface area contributed by atoms with Gasteiger partial charge in [0.1, 0.15) is 11.1 Å². The molecule has 0 aromatic heterocycles. The number of methoxy groups -OCH3 is 2. The first-order valence-electron chi connectivity index (χ1n) is 9.75. The van der Waals surface area contributed by atoms with Crippen LogP contribution in [0.4, 0.5) is 0 Å². The van der Waals surface area contributed by atoms with Crippen LogP contribution in [0, 0.1) is 0 Å². The maximum Gasteiger partial charge on any atom is 0.339 e. The summed E-state index contributed by atoms with van der Waals surface area (Å²) < 4.78 is 10.2. The van der Waals surface area contributed by atoms with Crippen LogP contribution in [-0.4, -0.2) is 47.4 Å². The Balaban J connectivity index is 2.67. The second kappa shape index (κ2) is 11.6. The molecule has 2 aromatic carbocycles. The summed E-state index contributed by atoms with van der Waals surface area (Å²) in [7, 11) is 2.60. The Morgan fingerprint density at radius 2 is 1.27 bits per heavy atom. The summed E-state index contributed by atoms with van der Waals surface area (Å²) in [6.45, 7) is 0. The van der Waals surface area contributed by atoms with E-state index in [1.807, 2.05) is 0 Å². The van der Waals surface area contributed by atoms with Crippen molar-refractivity contribution in [2.24, 2.45) is 0 Å². The van der Waals surface area contributed by atoms with Crippen LogP contribution in [0.25, 0.3) is 5.57 Å². The van der Waals surface area contributed by atoms with Crippen LogP contribution in [0.2, 0.25) is 10.0 Å². The molecule has 0 aliphatic rings. The number of hydrogen-bond acceptors (Lipinski definition) is 5. The molecule has 0 spiro atoms. The number of benzene rings is 2. The minimum Gasteiger partial charge on any atom is -0.494 e. The van der Waals surface area contributed by atoms with E-state index in [9.17, 15) is 24.6 Å². The maximum absolute atomic E-state index is 11.8. The zero-order valence-corrected chi connectivity index (χ0v) is 19.4. The van der Waals surface area contributed by atoms with Crippen molar-refractivity contribution in [1.29, 1.82) is 0 Å². The number of rotatable bonds is 11. The highest BCUT2D eigenvalue weighted by molar-refractivity contribution is 6.33. The number of carboxylic acid groups (broad SMARTS) is 3. The SMILES string of the molecule is COc1c(Cl)cc(C(=CCCCCC(=O)O)c2cc(Cl)c(OC)c(C(=O)O)c2)cc1C(=O)O. The van der Waals surface area contributed by atoms with Gasteiger partial charge in [0.05, 0.1) is 24.3 Å². The molecule has 0 saturated heterocycles. The van der Waals surface area contributed by atoms with Gasteiger partial charge in [-0.15, -0.1) is 0 Å². The van der Waals surface area contributed by atoms with Gasteiger partial charge in [-0.05, 0) is 60.2 Å². The fourth-order valence-corrected chi connectivity index (χ4v) is 3.89. The third-order valence-corrected chi connectivity index (χ3v) is 5.33. The van der Waals surface area contributed by atoms with Crippen LogP contribution in [-0.2, 0) is 4.79 Å². The molecule has 0 atom stereocenters. The van der Waals surface area contributed by atoms with Gasteiger partial charge in [-0.1, -0.05) is 29.3 Å². The molecule has 0 amide bonds. The van der Waals surface area contributed by atoms with Crippen molar-refractivity contribution < 1.29 is 39.2 Å². The zero-order chi connectivity index (χ0) is 24.7. The summed E-state index contributed by atoms with van der Waals surface area (Å²) in [5, 5.41) is 28.1. The molecule has 33 heavy (non-hydrogen) atoms. The molecule has 176 valence electrons. The largest absolute Gasteiger partial charge is 0.494 e. The number of ether oxygens (including phenoxy) is 2. The number of hydrogen-bond donors (Lipinski definition) is 3. The maximum atomic E-state index is 11.8. The van der Waals surface area contributed by atoms with Crippen LogP contribution in [0.3, 0.4) is 0 Å². The van der Waals surface area contributed by atoms with Crippen molar-refractivity contribution in [1.82, 2.24) is 0 Å². The van der Waals surface area contributed by atoms with Crippen LogP contribution in [0.5, 0.6) is 11.5 Å². The van der Waals surface area contributed by atoms with E-state index in [1.165, 1.54) is 38.5 Å². The Kier molecular flexibility index (Phi) is 9.13. The lowest BCUT2D eigenvalue weighted by Gasteiger charge is -2.16. The van der Waals surface area contributed by atoms with E-state index in [4.69, 9.17) is 37.8 Å². The molecule has 0 unspecified atom stereocenters. The molecule has 0 bridgehead atoms. The third-order valence-electron chi connectivity index (χ3n) is 4.77. The Labute approximate surface area is 200 Å². The van der Waals surface area contributed by atoms with Gasteiger partial charge in [0.15, 0.2) is 11.5 Å². The van der Waals surface area contributed by atoms with E-state index in [0.29, 0.717) is 36.0 Å². The summed E-state index contributed by atoms with van der Waals surface area (Å²) in [5.74, 6) is -3.42. The second-order valence-electron chi connectivity index (χ2n) is 6.95. The van der Waals surface area contributed by atoms with Crippen molar-refractivity contribution in [2.75, 3.05) is 14.2 Å². The molecule has 0 radical (unpaired) electrons. The van der Waals surface area contributed by atoms with E-state index in [0.717, 1.165) is 0 Å². The van der Waals surface area contributed by atoms with Gasteiger partial charge in [-0.2, -0.15) is 0 Å². The molecular weight excluding hydrogens is 475 g/mol. The second-order valence-corrected chi connectivity index (χ2v) is 7.76. The minimum atomic E-state index is -1.25. The average molecular weight is 497 g/mol. The van der Waals surface area contributed by atoms with Crippen molar-refractivity contribution in [3.63, 3.8) is 0 Å². The molecule has 0 fully saturated rings. The quantitative estimate of drug-likeness (QED) is 0.348. The number of allylic oxidation sites excluding steroid dienone is 1.